The predicted molar refractivity (Wildman–Crippen MR) is 72.5 cm³/mol. The van der Waals surface area contributed by atoms with E-state index in [0.717, 1.165) is 22.5 Å². The van der Waals surface area contributed by atoms with Gasteiger partial charge in [0, 0.05) is 0 Å². The topological polar surface area (TPSA) is 83.6 Å². The number of rotatable bonds is 3. The monoisotopic (exact) mass is 334 g/mol. The minimum Gasteiger partial charge on any atom is -0.294 e. The molecule has 0 radical (unpaired) electrons. The summed E-state index contributed by atoms with van der Waals surface area (Å²) in [4.78, 5) is 22.7. The lowest BCUT2D eigenvalue weighted by molar-refractivity contribution is -0.137. The van der Waals surface area contributed by atoms with Crippen LogP contribution in [-0.2, 0) is 19.6 Å². The summed E-state index contributed by atoms with van der Waals surface area (Å²) >= 11 is 5.81. The van der Waals surface area contributed by atoms with Gasteiger partial charge in [0.25, 0.3) is 0 Å². The summed E-state index contributed by atoms with van der Waals surface area (Å²) in [5.41, 5.74) is 0. The standard InChI is InChI=1S/C12H12ClFN2O4S/c1-2-9-12(18)15-11(17)6-16(9)21(19,20)10-5-7(14)3-4-8(10)13/h3-5,9H,2,6H2,1H3,(H,15,17,18). The number of nitrogens with one attached hydrogen (secondary N) is 1. The number of hydrogen-bond donors (Lipinski definition) is 1. The minimum atomic E-state index is -4.26. The molecule has 1 aromatic carbocycles. The molecule has 9 heteroatoms. The maximum absolute atomic E-state index is 13.3. The number of hydrogen-bond acceptors (Lipinski definition) is 4. The van der Waals surface area contributed by atoms with E-state index < -0.39 is 45.1 Å². The Kier molecular flexibility index (Phi) is 4.31. The van der Waals surface area contributed by atoms with Crippen LogP contribution in [0.1, 0.15) is 13.3 Å². The Bertz CT molecular complexity index is 707. The first-order valence-electron chi connectivity index (χ1n) is 6.08. The van der Waals surface area contributed by atoms with Crippen LogP contribution in [0, 0.1) is 5.82 Å². The van der Waals surface area contributed by atoms with Crippen LogP contribution in [0.25, 0.3) is 0 Å². The van der Waals surface area contributed by atoms with E-state index in [2.05, 4.69) is 5.32 Å². The van der Waals surface area contributed by atoms with E-state index in [4.69, 9.17) is 11.6 Å². The lowest BCUT2D eigenvalue weighted by Crippen LogP contribution is -2.59. The normalized spacial score (nSPS) is 20.4. The largest absolute Gasteiger partial charge is 0.294 e. The van der Waals surface area contributed by atoms with Gasteiger partial charge >= 0.3 is 0 Å². The van der Waals surface area contributed by atoms with E-state index >= 15 is 0 Å². The van der Waals surface area contributed by atoms with Crippen LogP contribution in [0.4, 0.5) is 4.39 Å². The van der Waals surface area contributed by atoms with Gasteiger partial charge in [0.05, 0.1) is 11.6 Å². The maximum Gasteiger partial charge on any atom is 0.245 e. The number of benzene rings is 1. The summed E-state index contributed by atoms with van der Waals surface area (Å²) in [6.45, 7) is 1.09. The Balaban J connectivity index is 2.53. The van der Waals surface area contributed by atoms with Crippen molar-refractivity contribution in [3.8, 4) is 0 Å². The molecule has 0 aromatic heterocycles. The maximum atomic E-state index is 13.3. The molecule has 1 heterocycles. The second-order valence-corrected chi connectivity index (χ2v) is 6.73. The molecule has 0 aliphatic carbocycles. The van der Waals surface area contributed by atoms with Crippen LogP contribution in [0.3, 0.4) is 0 Å². The highest BCUT2D eigenvalue weighted by Gasteiger charge is 2.41. The van der Waals surface area contributed by atoms with Gasteiger partial charge in [-0.1, -0.05) is 18.5 Å². The van der Waals surface area contributed by atoms with E-state index in [1.807, 2.05) is 0 Å². The van der Waals surface area contributed by atoms with E-state index in [0.29, 0.717) is 0 Å². The first-order chi connectivity index (χ1) is 9.77. The number of sulfonamides is 1. The smallest absolute Gasteiger partial charge is 0.245 e. The fraction of sp³-hybridized carbons (Fsp3) is 0.333. The fourth-order valence-corrected chi connectivity index (χ4v) is 4.19. The molecule has 1 N–H and O–H groups in total. The summed E-state index contributed by atoms with van der Waals surface area (Å²) in [6, 6.07) is 1.86. The van der Waals surface area contributed by atoms with Gasteiger partial charge in [-0.3, -0.25) is 14.9 Å². The number of halogens is 2. The summed E-state index contributed by atoms with van der Waals surface area (Å²) in [5, 5.41) is 1.89. The Hall–Kier alpha value is -1.51. The van der Waals surface area contributed by atoms with Crippen LogP contribution >= 0.6 is 11.6 Å². The average molecular weight is 335 g/mol. The van der Waals surface area contributed by atoms with Crippen molar-refractivity contribution in [1.82, 2.24) is 9.62 Å². The zero-order chi connectivity index (χ0) is 15.8. The quantitative estimate of drug-likeness (QED) is 0.833. The minimum absolute atomic E-state index is 0.172. The number of imide groups is 1. The van der Waals surface area contributed by atoms with Crippen molar-refractivity contribution in [2.45, 2.75) is 24.3 Å². The predicted octanol–water partition coefficient (Wildman–Crippen LogP) is 0.905. The average Bonchev–Trinajstić information content (AvgIpc) is 2.40. The molecule has 21 heavy (non-hydrogen) atoms. The van der Waals surface area contributed by atoms with Crippen LogP contribution in [0.5, 0.6) is 0 Å². The van der Waals surface area contributed by atoms with Gasteiger partial charge in [-0.25, -0.2) is 12.8 Å². The molecule has 114 valence electrons. The number of carbonyl (C=O) groups is 2. The first kappa shape index (κ1) is 15.9. The molecule has 1 aliphatic heterocycles. The Labute approximate surface area is 125 Å². The van der Waals surface area contributed by atoms with Gasteiger partial charge in [-0.2, -0.15) is 4.31 Å². The van der Waals surface area contributed by atoms with E-state index in [-0.39, 0.29) is 11.4 Å². The van der Waals surface area contributed by atoms with Gasteiger partial charge in [0.15, 0.2) is 0 Å². The Morgan fingerprint density at radius 1 is 1.43 bits per heavy atom. The van der Waals surface area contributed by atoms with Crippen molar-refractivity contribution in [2.24, 2.45) is 0 Å². The molecule has 1 aliphatic rings. The van der Waals surface area contributed by atoms with Gasteiger partial charge in [0.1, 0.15) is 16.8 Å². The van der Waals surface area contributed by atoms with Crippen molar-refractivity contribution in [3.63, 3.8) is 0 Å². The molecule has 0 spiro atoms. The van der Waals surface area contributed by atoms with Crippen molar-refractivity contribution < 1.29 is 22.4 Å². The zero-order valence-corrected chi connectivity index (χ0v) is 12.5. The molecule has 0 saturated carbocycles. The second kappa shape index (κ2) is 5.70. The fourth-order valence-electron chi connectivity index (χ4n) is 2.09. The van der Waals surface area contributed by atoms with Crippen molar-refractivity contribution in [3.05, 3.63) is 29.0 Å². The van der Waals surface area contributed by atoms with Crippen LogP contribution in [0.15, 0.2) is 23.1 Å². The molecule has 0 bridgehead atoms. The van der Waals surface area contributed by atoms with Crippen LogP contribution in [0.2, 0.25) is 5.02 Å². The molecule has 2 rings (SSSR count). The summed E-state index contributed by atoms with van der Waals surface area (Å²) in [7, 11) is -4.26. The highest BCUT2D eigenvalue weighted by molar-refractivity contribution is 7.89. The summed E-state index contributed by atoms with van der Waals surface area (Å²) < 4.78 is 39.2. The molecule has 1 unspecified atom stereocenters. The van der Waals surface area contributed by atoms with Crippen LogP contribution in [-0.4, -0.2) is 37.1 Å². The molecular formula is C12H12ClFN2O4S. The SMILES string of the molecule is CCC1C(=O)NC(=O)CN1S(=O)(=O)c1cc(F)ccc1Cl. The Morgan fingerprint density at radius 3 is 2.71 bits per heavy atom. The third kappa shape index (κ3) is 2.92. The molecule has 1 aromatic rings. The number of nitrogens with zero attached hydrogens (tertiary/aromatic N) is 1. The molecule has 6 nitrogen and oxygen atoms in total. The second-order valence-electron chi connectivity index (χ2n) is 4.46. The van der Waals surface area contributed by atoms with E-state index in [9.17, 15) is 22.4 Å². The molecule has 1 saturated heterocycles. The van der Waals surface area contributed by atoms with Crippen molar-refractivity contribution >= 4 is 33.4 Å². The first-order valence-corrected chi connectivity index (χ1v) is 7.89. The van der Waals surface area contributed by atoms with E-state index in [1.165, 1.54) is 0 Å². The Morgan fingerprint density at radius 2 is 2.10 bits per heavy atom. The van der Waals surface area contributed by atoms with E-state index in [1.54, 1.807) is 6.92 Å². The van der Waals surface area contributed by atoms with Gasteiger partial charge < -0.3 is 0 Å². The summed E-state index contributed by atoms with van der Waals surface area (Å²) in [5.74, 6) is -2.22. The summed E-state index contributed by atoms with van der Waals surface area (Å²) in [6.07, 6.45) is 0.172. The van der Waals surface area contributed by atoms with Crippen LogP contribution < -0.4 is 5.32 Å². The third-order valence-electron chi connectivity index (χ3n) is 3.08. The zero-order valence-electron chi connectivity index (χ0n) is 11.0. The lowest BCUT2D eigenvalue weighted by Gasteiger charge is -2.32. The molecule has 1 atom stereocenters. The van der Waals surface area contributed by atoms with Gasteiger partial charge in [-0.05, 0) is 24.6 Å². The van der Waals surface area contributed by atoms with Gasteiger partial charge in [-0.15, -0.1) is 0 Å². The number of piperazine rings is 1. The highest BCUT2D eigenvalue weighted by atomic mass is 35.5. The molecule has 2 amide bonds. The number of amides is 2. The highest BCUT2D eigenvalue weighted by Crippen LogP contribution is 2.28. The third-order valence-corrected chi connectivity index (χ3v) is 5.42. The lowest BCUT2D eigenvalue weighted by atomic mass is 10.2. The van der Waals surface area contributed by atoms with Crippen molar-refractivity contribution in [2.75, 3.05) is 6.54 Å². The molecular weight excluding hydrogens is 323 g/mol. The van der Waals surface area contributed by atoms with Gasteiger partial charge in [0.2, 0.25) is 21.8 Å². The molecule has 1 fully saturated rings. The number of carbonyl (C=O) groups excluding carboxylic acids is 2. The van der Waals surface area contributed by atoms with Crippen molar-refractivity contribution in [1.29, 1.82) is 0 Å².